The van der Waals surface area contributed by atoms with Gasteiger partial charge in [-0.25, -0.2) is 10.4 Å². The second-order valence-electron chi connectivity index (χ2n) is 7.01. The largest absolute Gasteiger partial charge is 0.342 e. The predicted molar refractivity (Wildman–Crippen MR) is 111 cm³/mol. The number of hydrazine groups is 1. The molecule has 5 nitrogen and oxygen atoms in total. The van der Waals surface area contributed by atoms with E-state index in [2.05, 4.69) is 44.5 Å². The van der Waals surface area contributed by atoms with Crippen molar-refractivity contribution in [2.24, 2.45) is 5.92 Å². The summed E-state index contributed by atoms with van der Waals surface area (Å²) < 4.78 is 0.789. The molecule has 0 saturated heterocycles. The molecule has 1 aromatic heterocycles. The Morgan fingerprint density at radius 2 is 2.08 bits per heavy atom. The first-order valence-corrected chi connectivity index (χ1v) is 9.91. The molecule has 1 aliphatic carbocycles. The molecule has 2 rings (SSSR count). The third kappa shape index (κ3) is 4.95. The smallest absolute Gasteiger partial charge is 0.240 e. The Balaban J connectivity index is 2.21. The number of amides is 1. The molecule has 1 aliphatic rings. The van der Waals surface area contributed by atoms with Gasteiger partial charge in [0.25, 0.3) is 0 Å². The number of hydrogen-bond acceptors (Lipinski definition) is 3. The topological polar surface area (TPSA) is 61.0 Å². The van der Waals surface area contributed by atoms with Gasteiger partial charge >= 0.3 is 0 Å². The van der Waals surface area contributed by atoms with Crippen LogP contribution in [0.5, 0.6) is 0 Å². The number of imidazole rings is 1. The number of nitrogens with zero attached hydrogens (tertiary/aromatic N) is 2. The Labute approximate surface area is 164 Å². The fourth-order valence-electron chi connectivity index (χ4n) is 3.52. The normalized spacial score (nSPS) is 20.5. The molecule has 2 unspecified atom stereocenters. The highest BCUT2D eigenvalue weighted by molar-refractivity contribution is 9.11. The minimum atomic E-state index is -0.0521. The number of aromatic nitrogens is 2. The van der Waals surface area contributed by atoms with Gasteiger partial charge in [-0.05, 0) is 38.3 Å². The van der Waals surface area contributed by atoms with Gasteiger partial charge in [-0.2, -0.15) is 0 Å². The highest BCUT2D eigenvalue weighted by Gasteiger charge is 2.36. The Morgan fingerprint density at radius 3 is 2.69 bits per heavy atom. The van der Waals surface area contributed by atoms with Gasteiger partial charge in [-0.1, -0.05) is 48.0 Å². The van der Waals surface area contributed by atoms with E-state index in [1.807, 2.05) is 26.0 Å². The van der Waals surface area contributed by atoms with E-state index < -0.39 is 0 Å². The Hall–Kier alpha value is -1.66. The SMILES string of the molecule is C=C(Br)/C=C\C(=C)c1cnc(C2CCCCC2C(=O)N(NC)C(C)C)[nH]1. The molecule has 142 valence electrons. The van der Waals surface area contributed by atoms with Crippen molar-refractivity contribution in [1.29, 1.82) is 0 Å². The molecule has 6 heteroatoms. The van der Waals surface area contributed by atoms with E-state index in [-0.39, 0.29) is 23.8 Å². The molecule has 0 bridgehead atoms. The van der Waals surface area contributed by atoms with Crippen molar-refractivity contribution in [3.8, 4) is 0 Å². The van der Waals surface area contributed by atoms with Gasteiger partial charge in [0, 0.05) is 29.4 Å². The van der Waals surface area contributed by atoms with Crippen LogP contribution in [0.25, 0.3) is 5.57 Å². The number of aromatic amines is 1. The molecular formula is C20H29BrN4O. The minimum Gasteiger partial charge on any atom is -0.342 e. The summed E-state index contributed by atoms with van der Waals surface area (Å²) in [6.07, 6.45) is 9.61. The number of rotatable bonds is 7. The van der Waals surface area contributed by atoms with Gasteiger partial charge in [-0.3, -0.25) is 9.80 Å². The van der Waals surface area contributed by atoms with Crippen molar-refractivity contribution in [3.05, 3.63) is 47.5 Å². The average Bonchev–Trinajstić information content (AvgIpc) is 3.09. The first-order chi connectivity index (χ1) is 12.3. The molecular weight excluding hydrogens is 392 g/mol. The van der Waals surface area contributed by atoms with Crippen LogP contribution < -0.4 is 5.43 Å². The molecule has 1 aromatic rings. The second-order valence-corrected chi connectivity index (χ2v) is 8.03. The van der Waals surface area contributed by atoms with Crippen LogP contribution in [-0.4, -0.2) is 34.0 Å². The molecule has 0 spiro atoms. The fraction of sp³-hybridized carbons (Fsp3) is 0.500. The zero-order valence-corrected chi connectivity index (χ0v) is 17.5. The first-order valence-electron chi connectivity index (χ1n) is 9.12. The molecule has 0 aliphatic heterocycles. The van der Waals surface area contributed by atoms with E-state index in [9.17, 15) is 4.79 Å². The molecule has 0 aromatic carbocycles. The predicted octanol–water partition coefficient (Wildman–Crippen LogP) is 4.53. The summed E-state index contributed by atoms with van der Waals surface area (Å²) >= 11 is 3.30. The number of H-pyrrole nitrogens is 1. The molecule has 2 N–H and O–H groups in total. The van der Waals surface area contributed by atoms with E-state index in [4.69, 9.17) is 0 Å². The van der Waals surface area contributed by atoms with Crippen LogP contribution in [-0.2, 0) is 4.79 Å². The van der Waals surface area contributed by atoms with E-state index in [0.717, 1.165) is 47.3 Å². The lowest BCUT2D eigenvalue weighted by Gasteiger charge is -2.35. The highest BCUT2D eigenvalue weighted by Crippen LogP contribution is 2.38. The first kappa shape index (κ1) is 20.6. The van der Waals surface area contributed by atoms with Crippen LogP contribution in [0, 0.1) is 5.92 Å². The number of nitrogens with one attached hydrogen (secondary N) is 2. The van der Waals surface area contributed by atoms with Crippen LogP contribution in [0.1, 0.15) is 57.0 Å². The molecule has 1 amide bonds. The van der Waals surface area contributed by atoms with Gasteiger partial charge in [0.2, 0.25) is 5.91 Å². The van der Waals surface area contributed by atoms with Crippen molar-refractivity contribution in [3.63, 3.8) is 0 Å². The zero-order chi connectivity index (χ0) is 19.3. The molecule has 26 heavy (non-hydrogen) atoms. The van der Waals surface area contributed by atoms with Crippen molar-refractivity contribution >= 4 is 27.4 Å². The fourth-order valence-corrected chi connectivity index (χ4v) is 3.66. The minimum absolute atomic E-state index is 0.0521. The molecule has 1 saturated carbocycles. The lowest BCUT2D eigenvalue weighted by atomic mass is 9.78. The number of carbonyl (C=O) groups excluding carboxylic acids is 1. The lowest BCUT2D eigenvalue weighted by Crippen LogP contribution is -2.49. The number of allylic oxidation sites excluding steroid dienone is 4. The number of carbonyl (C=O) groups is 1. The molecule has 1 heterocycles. The maximum atomic E-state index is 13.1. The second kappa shape index (κ2) is 9.33. The highest BCUT2D eigenvalue weighted by atomic mass is 79.9. The van der Waals surface area contributed by atoms with E-state index >= 15 is 0 Å². The number of halogens is 1. The summed E-state index contributed by atoms with van der Waals surface area (Å²) in [7, 11) is 1.80. The van der Waals surface area contributed by atoms with E-state index in [1.54, 1.807) is 18.3 Å². The van der Waals surface area contributed by atoms with Crippen molar-refractivity contribution in [2.75, 3.05) is 7.05 Å². The van der Waals surface area contributed by atoms with Gasteiger partial charge in [-0.15, -0.1) is 0 Å². The van der Waals surface area contributed by atoms with Crippen LogP contribution >= 0.6 is 15.9 Å². The van der Waals surface area contributed by atoms with Gasteiger partial charge in [0.1, 0.15) is 5.82 Å². The van der Waals surface area contributed by atoms with Gasteiger partial charge in [0.15, 0.2) is 0 Å². The quantitative estimate of drug-likeness (QED) is 0.502. The average molecular weight is 421 g/mol. The summed E-state index contributed by atoms with van der Waals surface area (Å²) in [5.41, 5.74) is 4.75. The summed E-state index contributed by atoms with van der Waals surface area (Å²) in [6.45, 7) is 11.9. The third-order valence-electron chi connectivity index (χ3n) is 4.84. The lowest BCUT2D eigenvalue weighted by molar-refractivity contribution is -0.142. The maximum absolute atomic E-state index is 13.1. The van der Waals surface area contributed by atoms with Crippen molar-refractivity contribution in [2.45, 2.75) is 51.5 Å². The summed E-state index contributed by atoms with van der Waals surface area (Å²) in [6, 6.07) is 0.115. The van der Waals surface area contributed by atoms with Crippen LogP contribution in [0.2, 0.25) is 0 Å². The van der Waals surface area contributed by atoms with Crippen molar-refractivity contribution in [1.82, 2.24) is 20.4 Å². The summed E-state index contributed by atoms with van der Waals surface area (Å²) in [4.78, 5) is 21.0. The van der Waals surface area contributed by atoms with Crippen LogP contribution in [0.15, 0.2) is 36.0 Å². The standard InChI is InChI=1S/C20H29BrN4O/c1-13(2)25(22-5)20(26)17-9-7-6-8-16(17)19-23-12-18(24-19)14(3)10-11-15(4)21/h10-13,16-17,22H,3-4,6-9H2,1-2,5H3,(H,23,24)/b11-10-. The monoisotopic (exact) mass is 420 g/mol. The maximum Gasteiger partial charge on any atom is 0.240 e. The summed E-state index contributed by atoms with van der Waals surface area (Å²) in [5.74, 6) is 1.09. The Morgan fingerprint density at radius 1 is 1.38 bits per heavy atom. The van der Waals surface area contributed by atoms with Crippen LogP contribution in [0.3, 0.4) is 0 Å². The zero-order valence-electron chi connectivity index (χ0n) is 15.9. The Bertz CT molecular complexity index is 692. The Kier molecular flexibility index (Phi) is 7.41. The van der Waals surface area contributed by atoms with Gasteiger partial charge < -0.3 is 4.98 Å². The third-order valence-corrected chi connectivity index (χ3v) is 5.10. The van der Waals surface area contributed by atoms with Crippen molar-refractivity contribution < 1.29 is 4.79 Å². The van der Waals surface area contributed by atoms with E-state index in [0.29, 0.717) is 0 Å². The van der Waals surface area contributed by atoms with Gasteiger partial charge in [0.05, 0.1) is 11.9 Å². The van der Waals surface area contributed by atoms with E-state index in [1.165, 1.54) is 0 Å². The molecule has 2 atom stereocenters. The molecule has 0 radical (unpaired) electrons. The number of hydrogen-bond donors (Lipinski definition) is 2. The summed E-state index contributed by atoms with van der Waals surface area (Å²) in [5, 5.41) is 1.73. The molecule has 1 fully saturated rings. The van der Waals surface area contributed by atoms with Crippen LogP contribution in [0.4, 0.5) is 0 Å².